The average Bonchev–Trinajstić information content (AvgIpc) is 3.06. The summed E-state index contributed by atoms with van der Waals surface area (Å²) in [6.07, 6.45) is 2.06. The topological polar surface area (TPSA) is 122 Å². The monoisotopic (exact) mass is 407 g/mol. The molecule has 0 radical (unpaired) electrons. The smallest absolute Gasteiger partial charge is 0.390 e. The van der Waals surface area contributed by atoms with Crippen LogP contribution in [0, 0.1) is 10.1 Å². The van der Waals surface area contributed by atoms with Gasteiger partial charge in [-0.25, -0.2) is 9.78 Å². The molecular formula is C7H2Cl5N7O3. The van der Waals surface area contributed by atoms with Crippen molar-refractivity contribution < 1.29 is 9.72 Å². The predicted molar refractivity (Wildman–Crippen MR) is 76.6 cm³/mol. The molecule has 15 heteroatoms. The van der Waals surface area contributed by atoms with E-state index in [9.17, 15) is 14.9 Å². The van der Waals surface area contributed by atoms with Crippen molar-refractivity contribution in [1.29, 1.82) is 0 Å². The normalized spacial score (nSPS) is 12.4. The highest BCUT2D eigenvalue weighted by Gasteiger charge is 2.55. The third-order valence-electron chi connectivity index (χ3n) is 2.19. The number of carbonyl (C=O) groups is 1. The van der Waals surface area contributed by atoms with Gasteiger partial charge in [-0.15, -0.1) is 0 Å². The minimum Gasteiger partial charge on any atom is -0.390 e. The molecule has 0 bridgehead atoms. The van der Waals surface area contributed by atoms with Gasteiger partial charge in [-0.05, 0) is 9.91 Å². The van der Waals surface area contributed by atoms with Crippen molar-refractivity contribution >= 4 is 70.0 Å². The molecule has 0 aliphatic heterocycles. The molecule has 0 aliphatic carbocycles. The fourth-order valence-corrected chi connectivity index (χ4v) is 1.74. The summed E-state index contributed by atoms with van der Waals surface area (Å²) in [5, 5.41) is 17.7. The Balaban J connectivity index is 2.63. The van der Waals surface area contributed by atoms with Crippen LogP contribution < -0.4 is 0 Å². The number of halogens is 5. The van der Waals surface area contributed by atoms with Crippen molar-refractivity contribution in [3.05, 3.63) is 28.6 Å². The van der Waals surface area contributed by atoms with E-state index in [1.807, 2.05) is 0 Å². The maximum Gasteiger partial charge on any atom is 0.491 e. The Bertz CT molecular complexity index is 721. The van der Waals surface area contributed by atoms with E-state index in [2.05, 4.69) is 20.2 Å². The number of hydrogen-bond acceptors (Lipinski definition) is 7. The van der Waals surface area contributed by atoms with E-state index in [1.165, 1.54) is 0 Å². The molecule has 0 aromatic carbocycles. The number of aromatic nitrogens is 6. The lowest BCUT2D eigenvalue weighted by molar-refractivity contribution is -0.394. The minimum absolute atomic E-state index is 0.398. The van der Waals surface area contributed by atoms with Crippen molar-refractivity contribution in [3.63, 3.8) is 0 Å². The molecule has 0 spiro atoms. The van der Waals surface area contributed by atoms with Crippen LogP contribution in [0.2, 0.25) is 0 Å². The second-order valence-corrected chi connectivity index (χ2v) is 7.21. The number of alkyl halides is 5. The molecule has 2 aromatic heterocycles. The fraction of sp³-hybridized carbons (Fsp3) is 0.286. The zero-order chi connectivity index (χ0) is 16.7. The average molecular weight is 409 g/mol. The van der Waals surface area contributed by atoms with Crippen molar-refractivity contribution in [3.8, 4) is 0 Å². The number of nitrogens with zero attached hydrogens (tertiary/aromatic N) is 7. The predicted octanol–water partition coefficient (Wildman–Crippen LogP) is 2.29. The highest BCUT2D eigenvalue weighted by atomic mass is 35.6. The molecule has 0 fully saturated rings. The van der Waals surface area contributed by atoms with E-state index in [0.717, 1.165) is 12.7 Å². The van der Waals surface area contributed by atoms with Gasteiger partial charge < -0.3 is 10.1 Å². The lowest BCUT2D eigenvalue weighted by Crippen LogP contribution is -2.35. The minimum atomic E-state index is -2.41. The molecule has 2 heterocycles. The molecule has 0 saturated carbocycles. The third kappa shape index (κ3) is 2.97. The van der Waals surface area contributed by atoms with Crippen LogP contribution in [-0.4, -0.2) is 44.3 Å². The van der Waals surface area contributed by atoms with Crippen LogP contribution in [0.3, 0.4) is 0 Å². The Kier molecular flexibility index (Phi) is 4.51. The molecule has 2 aromatic rings. The number of hydrogen-bond donors (Lipinski definition) is 0. The molecule has 2 rings (SSSR count). The van der Waals surface area contributed by atoms with Crippen LogP contribution in [0.25, 0.3) is 0 Å². The van der Waals surface area contributed by atoms with Gasteiger partial charge in [-0.2, -0.15) is 9.78 Å². The van der Waals surface area contributed by atoms with Crippen molar-refractivity contribution in [2.24, 2.45) is 0 Å². The van der Waals surface area contributed by atoms with E-state index in [1.54, 1.807) is 0 Å². The molecule has 118 valence electrons. The van der Waals surface area contributed by atoms with Gasteiger partial charge in [0.25, 0.3) is 5.82 Å². The molecular weight excluding hydrogens is 407 g/mol. The van der Waals surface area contributed by atoms with Crippen molar-refractivity contribution in [1.82, 2.24) is 29.5 Å². The summed E-state index contributed by atoms with van der Waals surface area (Å²) in [5.41, 5.74) is 0. The van der Waals surface area contributed by atoms with E-state index in [-0.39, 0.29) is 0 Å². The van der Waals surface area contributed by atoms with Crippen LogP contribution in [0.4, 0.5) is 10.7 Å². The first-order valence-electron chi connectivity index (χ1n) is 5.01. The summed E-state index contributed by atoms with van der Waals surface area (Å²) in [6.45, 7) is 0. The second kappa shape index (κ2) is 5.78. The largest absolute Gasteiger partial charge is 0.491 e. The Morgan fingerprint density at radius 2 is 1.91 bits per heavy atom. The number of nitro groups is 1. The summed E-state index contributed by atoms with van der Waals surface area (Å²) >= 11 is 28.6. The Hall–Kier alpha value is -1.20. The summed E-state index contributed by atoms with van der Waals surface area (Å²) in [4.78, 5) is 29.0. The van der Waals surface area contributed by atoms with Crippen LogP contribution in [0.5, 0.6) is 0 Å². The summed E-state index contributed by atoms with van der Waals surface area (Å²) in [6, 6.07) is -1.02. The Morgan fingerprint density at radius 3 is 2.36 bits per heavy atom. The SMILES string of the molecule is O=C(n1cncn1)n1nc([N+](=O)[O-])nc1C(Cl)(Cl)C(Cl)(Cl)Cl. The van der Waals surface area contributed by atoms with E-state index in [0.29, 0.717) is 9.36 Å². The summed E-state index contributed by atoms with van der Waals surface area (Å²) in [7, 11) is 0. The van der Waals surface area contributed by atoms with Crippen molar-refractivity contribution in [2.75, 3.05) is 0 Å². The second-order valence-electron chi connectivity index (χ2n) is 3.60. The zero-order valence-corrected chi connectivity index (χ0v) is 13.7. The zero-order valence-electron chi connectivity index (χ0n) is 9.90. The first-order valence-corrected chi connectivity index (χ1v) is 6.90. The quantitative estimate of drug-likeness (QED) is 0.424. The molecule has 0 N–H and O–H groups in total. The van der Waals surface area contributed by atoms with Gasteiger partial charge >= 0.3 is 12.0 Å². The molecule has 0 aliphatic rings. The standard InChI is InChI=1S/C7H2Cl5N7O3/c8-6(9,7(10,11)12)3-15-4(19(21)22)16-18(3)5(20)17-2-13-1-14-17/h1-2H. The molecule has 10 nitrogen and oxygen atoms in total. The summed E-state index contributed by atoms with van der Waals surface area (Å²) < 4.78 is -3.68. The number of carbonyl (C=O) groups excluding carboxylic acids is 1. The maximum atomic E-state index is 12.2. The van der Waals surface area contributed by atoms with E-state index < -0.39 is 30.9 Å². The van der Waals surface area contributed by atoms with Crippen molar-refractivity contribution in [2.45, 2.75) is 8.13 Å². The van der Waals surface area contributed by atoms with Gasteiger partial charge in [-0.3, -0.25) is 0 Å². The van der Waals surface area contributed by atoms with Crippen LogP contribution in [0.1, 0.15) is 5.82 Å². The highest BCUT2D eigenvalue weighted by molar-refractivity contribution is 6.75. The van der Waals surface area contributed by atoms with Crippen LogP contribution in [-0.2, 0) is 4.33 Å². The highest BCUT2D eigenvalue weighted by Crippen LogP contribution is 2.52. The Morgan fingerprint density at radius 1 is 1.27 bits per heavy atom. The summed E-state index contributed by atoms with van der Waals surface area (Å²) in [5.74, 6) is -1.63. The molecule has 0 unspecified atom stereocenters. The first-order chi connectivity index (χ1) is 10.1. The molecule has 0 atom stereocenters. The third-order valence-corrected chi connectivity index (χ3v) is 4.53. The van der Waals surface area contributed by atoms with Crippen LogP contribution in [0.15, 0.2) is 12.7 Å². The van der Waals surface area contributed by atoms with E-state index >= 15 is 0 Å². The Labute approximate surface area is 146 Å². The van der Waals surface area contributed by atoms with E-state index in [4.69, 9.17) is 58.0 Å². The molecule has 0 amide bonds. The first kappa shape index (κ1) is 17.2. The van der Waals surface area contributed by atoms with Gasteiger partial charge in [0.2, 0.25) is 8.13 Å². The fourth-order valence-electron chi connectivity index (χ4n) is 1.25. The number of rotatable bonds is 2. The maximum absolute atomic E-state index is 12.2. The lowest BCUT2D eigenvalue weighted by atomic mass is 10.4. The van der Waals surface area contributed by atoms with Gasteiger partial charge in [0.15, 0.2) is 0 Å². The molecule has 0 saturated heterocycles. The van der Waals surface area contributed by atoms with Gasteiger partial charge in [0.1, 0.15) is 12.7 Å². The lowest BCUT2D eigenvalue weighted by Gasteiger charge is -2.23. The van der Waals surface area contributed by atoms with Gasteiger partial charge in [-0.1, -0.05) is 62.7 Å². The van der Waals surface area contributed by atoms with Crippen LogP contribution >= 0.6 is 58.0 Å². The molecule has 22 heavy (non-hydrogen) atoms. The van der Waals surface area contributed by atoms with Gasteiger partial charge in [0, 0.05) is 5.10 Å². The van der Waals surface area contributed by atoms with Gasteiger partial charge in [0.05, 0.1) is 0 Å².